The Bertz CT molecular complexity index is 1590. The van der Waals surface area contributed by atoms with Crippen LogP contribution in [0.3, 0.4) is 0 Å². The van der Waals surface area contributed by atoms with Crippen molar-refractivity contribution in [2.24, 2.45) is 0 Å². The van der Waals surface area contributed by atoms with Gasteiger partial charge in [-0.15, -0.1) is 0 Å². The predicted octanol–water partition coefficient (Wildman–Crippen LogP) is 7.87. The number of alkyl halides is 2. The molecule has 0 aromatic heterocycles. The van der Waals surface area contributed by atoms with Gasteiger partial charge in [0.15, 0.2) is 0 Å². The van der Waals surface area contributed by atoms with Gasteiger partial charge in [0.2, 0.25) is 0 Å². The molecule has 4 aromatic rings. The fraction of sp³-hybridized carbons (Fsp3) is 0.212. The molecule has 6 nitrogen and oxygen atoms in total. The van der Waals surface area contributed by atoms with Crippen molar-refractivity contribution in [1.29, 1.82) is 0 Å². The molecule has 0 radical (unpaired) electrons. The summed E-state index contributed by atoms with van der Waals surface area (Å²) in [4.78, 5) is 27.9. The number of para-hydroxylation sites is 1. The number of nitrogens with one attached hydrogen (secondary N) is 1. The Hall–Kier alpha value is -4.29. The Morgan fingerprint density at radius 3 is 2.36 bits per heavy atom. The number of nitrogens with zero attached hydrogens (tertiary/aromatic N) is 1. The van der Waals surface area contributed by atoms with Gasteiger partial charge in [0.25, 0.3) is 11.6 Å². The van der Waals surface area contributed by atoms with E-state index >= 15 is 0 Å². The second-order valence-electron chi connectivity index (χ2n) is 10.3. The molecule has 0 saturated carbocycles. The first-order valence-corrected chi connectivity index (χ1v) is 14.2. The van der Waals surface area contributed by atoms with Gasteiger partial charge >= 0.3 is 6.09 Å². The van der Waals surface area contributed by atoms with Crippen LogP contribution in [0.2, 0.25) is 0 Å². The molecule has 42 heavy (non-hydrogen) atoms. The van der Waals surface area contributed by atoms with Gasteiger partial charge in [-0.05, 0) is 73.4 Å². The van der Waals surface area contributed by atoms with Crippen LogP contribution >= 0.6 is 9.24 Å². The molecule has 0 aliphatic carbocycles. The first kappa shape index (κ1) is 29.2. The number of carbonyl (C=O) groups excluding carboxylic acids is 2. The summed E-state index contributed by atoms with van der Waals surface area (Å²) < 4.78 is 39.1. The molecule has 5 rings (SSSR count). The molecule has 1 aliphatic rings. The van der Waals surface area contributed by atoms with Crippen molar-refractivity contribution in [2.45, 2.75) is 38.6 Å². The van der Waals surface area contributed by atoms with Gasteiger partial charge in [-0.2, -0.15) is 8.78 Å². The van der Waals surface area contributed by atoms with Gasteiger partial charge in [-0.1, -0.05) is 63.8 Å². The van der Waals surface area contributed by atoms with Gasteiger partial charge in [-0.25, -0.2) is 4.79 Å². The quantitative estimate of drug-likeness (QED) is 0.223. The van der Waals surface area contributed by atoms with E-state index in [0.29, 0.717) is 53.4 Å². The van der Waals surface area contributed by atoms with Gasteiger partial charge in [0, 0.05) is 29.9 Å². The van der Waals surface area contributed by atoms with E-state index in [2.05, 4.69) is 5.32 Å². The van der Waals surface area contributed by atoms with Crippen LogP contribution in [-0.2, 0) is 18.6 Å². The Kier molecular flexibility index (Phi) is 8.55. The molecule has 1 N–H and O–H groups in total. The highest BCUT2D eigenvalue weighted by Crippen LogP contribution is 2.39. The first-order chi connectivity index (χ1) is 20.1. The topological polar surface area (TPSA) is 67.9 Å². The molecule has 0 spiro atoms. The fourth-order valence-electron chi connectivity index (χ4n) is 4.87. The highest BCUT2D eigenvalue weighted by atomic mass is 31.0. The number of ether oxygens (including phenoxy) is 2. The monoisotopic (exact) mass is 588 g/mol. The summed E-state index contributed by atoms with van der Waals surface area (Å²) in [5.41, 5.74) is 0.869. The average molecular weight is 589 g/mol. The summed E-state index contributed by atoms with van der Waals surface area (Å²) in [6.45, 7) is 4.65. The Labute approximate surface area is 245 Å². The standard InChI is InChI=1S/C33H31F2N2O4P/c1-21(2)40-29-10-6-9-28(30(29)22-11-14-25(15-12-22)33(34,35)42)31(38)36-26-16-13-24-20-37(18-17-23(24)19-26)32(39)41-27-7-4-3-5-8-27/h3-16,19,21H,17-18,20,42H2,1-2H3,(H,36,38). The van der Waals surface area contributed by atoms with Crippen molar-refractivity contribution in [3.8, 4) is 22.6 Å². The van der Waals surface area contributed by atoms with Crippen molar-refractivity contribution in [3.05, 3.63) is 113 Å². The second kappa shape index (κ2) is 12.3. The summed E-state index contributed by atoms with van der Waals surface area (Å²) in [7, 11) is 1.54. The second-order valence-corrected chi connectivity index (χ2v) is 11.1. The zero-order chi connectivity index (χ0) is 29.9. The molecule has 1 aliphatic heterocycles. The number of anilines is 1. The van der Waals surface area contributed by atoms with Crippen LogP contribution in [0.1, 0.15) is 40.9 Å². The maximum atomic E-state index is 13.8. The Balaban J connectivity index is 1.36. The number of halogens is 2. The summed E-state index contributed by atoms with van der Waals surface area (Å²) in [5.74, 6) is 0.617. The highest BCUT2D eigenvalue weighted by molar-refractivity contribution is 7.17. The maximum Gasteiger partial charge on any atom is 0.415 e. The zero-order valence-corrected chi connectivity index (χ0v) is 24.4. The molecule has 0 bridgehead atoms. The van der Waals surface area contributed by atoms with Crippen LogP contribution in [0.15, 0.2) is 91.0 Å². The maximum absolute atomic E-state index is 13.8. The summed E-state index contributed by atoms with van der Waals surface area (Å²) in [6, 6.07) is 25.6. The fourth-order valence-corrected chi connectivity index (χ4v) is 5.06. The van der Waals surface area contributed by atoms with E-state index in [9.17, 15) is 18.4 Å². The van der Waals surface area contributed by atoms with E-state index < -0.39 is 11.8 Å². The number of hydrogen-bond acceptors (Lipinski definition) is 4. The third kappa shape index (κ3) is 6.77. The molecule has 0 saturated heterocycles. The minimum absolute atomic E-state index is 0.148. The molecule has 0 fully saturated rings. The van der Waals surface area contributed by atoms with Crippen LogP contribution in [0.5, 0.6) is 11.5 Å². The van der Waals surface area contributed by atoms with Gasteiger partial charge in [0.1, 0.15) is 11.5 Å². The number of rotatable bonds is 7. The molecular weight excluding hydrogens is 557 g/mol. The normalized spacial score (nSPS) is 13.0. The van der Waals surface area contributed by atoms with E-state index in [1.807, 2.05) is 44.2 Å². The lowest BCUT2D eigenvalue weighted by atomic mass is 9.96. The molecule has 9 heteroatoms. The van der Waals surface area contributed by atoms with Crippen molar-refractivity contribution < 1.29 is 27.8 Å². The van der Waals surface area contributed by atoms with Crippen LogP contribution in [0, 0.1) is 0 Å². The van der Waals surface area contributed by atoms with Gasteiger partial charge in [0.05, 0.1) is 11.7 Å². The van der Waals surface area contributed by atoms with Crippen LogP contribution in [0.25, 0.3) is 11.1 Å². The summed E-state index contributed by atoms with van der Waals surface area (Å²) in [5, 5.41) is 2.98. The third-order valence-corrected chi connectivity index (χ3v) is 7.21. The van der Waals surface area contributed by atoms with Crippen molar-refractivity contribution in [3.63, 3.8) is 0 Å². The highest BCUT2D eigenvalue weighted by Gasteiger charge is 2.26. The largest absolute Gasteiger partial charge is 0.490 e. The minimum Gasteiger partial charge on any atom is -0.490 e. The summed E-state index contributed by atoms with van der Waals surface area (Å²) in [6.07, 6.45) is 0.0380. The number of benzene rings is 4. The van der Waals surface area contributed by atoms with E-state index in [1.54, 1.807) is 53.4 Å². The number of carbonyl (C=O) groups is 2. The van der Waals surface area contributed by atoms with E-state index in [1.165, 1.54) is 21.4 Å². The lowest BCUT2D eigenvalue weighted by Gasteiger charge is -2.28. The third-order valence-electron chi connectivity index (χ3n) is 6.87. The molecule has 1 unspecified atom stereocenters. The summed E-state index contributed by atoms with van der Waals surface area (Å²) >= 11 is 0. The van der Waals surface area contributed by atoms with E-state index in [4.69, 9.17) is 9.47 Å². The van der Waals surface area contributed by atoms with E-state index in [0.717, 1.165) is 11.1 Å². The number of amides is 2. The average Bonchev–Trinajstić information content (AvgIpc) is 2.96. The van der Waals surface area contributed by atoms with Crippen LogP contribution in [0.4, 0.5) is 19.3 Å². The molecular formula is C33H31F2N2O4P. The van der Waals surface area contributed by atoms with E-state index in [-0.39, 0.29) is 17.6 Å². The molecule has 2 amide bonds. The van der Waals surface area contributed by atoms with Crippen molar-refractivity contribution in [1.82, 2.24) is 4.90 Å². The van der Waals surface area contributed by atoms with Crippen LogP contribution in [-0.4, -0.2) is 29.5 Å². The Morgan fingerprint density at radius 2 is 1.67 bits per heavy atom. The number of fused-ring (bicyclic) bond motifs is 1. The smallest absolute Gasteiger partial charge is 0.415 e. The lowest BCUT2D eigenvalue weighted by molar-refractivity contribution is 0.102. The lowest BCUT2D eigenvalue weighted by Crippen LogP contribution is -2.37. The Morgan fingerprint density at radius 1 is 0.929 bits per heavy atom. The molecule has 1 heterocycles. The SMILES string of the molecule is CC(C)Oc1cccc(C(=O)Nc2ccc3c(c2)CCN(C(=O)Oc2ccccc2)C3)c1-c1ccc(C(F)(F)P)cc1. The molecule has 216 valence electrons. The van der Waals surface area contributed by atoms with Crippen molar-refractivity contribution >= 4 is 26.9 Å². The van der Waals surface area contributed by atoms with Crippen molar-refractivity contribution in [2.75, 3.05) is 11.9 Å². The zero-order valence-electron chi connectivity index (χ0n) is 23.3. The number of hydrogen-bond donors (Lipinski definition) is 1. The predicted molar refractivity (Wildman–Crippen MR) is 162 cm³/mol. The van der Waals surface area contributed by atoms with Crippen LogP contribution < -0.4 is 14.8 Å². The minimum atomic E-state index is -3.06. The molecule has 4 aromatic carbocycles. The molecule has 1 atom stereocenters. The first-order valence-electron chi connectivity index (χ1n) is 13.6. The van der Waals surface area contributed by atoms with Gasteiger partial charge in [-0.3, -0.25) is 4.79 Å². The van der Waals surface area contributed by atoms with Gasteiger partial charge < -0.3 is 19.7 Å².